The van der Waals surface area contributed by atoms with Crippen molar-refractivity contribution in [2.45, 2.75) is 27.7 Å². The summed E-state index contributed by atoms with van der Waals surface area (Å²) < 4.78 is 2.00. The minimum absolute atomic E-state index is 2.00. The van der Waals surface area contributed by atoms with E-state index in [0.29, 0.717) is 0 Å². The molecule has 60 valence electrons. The zero-order valence-corrected chi connectivity index (χ0v) is 7.76. The summed E-state index contributed by atoms with van der Waals surface area (Å²) in [5, 5.41) is 0. The van der Waals surface area contributed by atoms with Crippen molar-refractivity contribution in [3.63, 3.8) is 0 Å². The number of aromatic nitrogens is 1. The van der Waals surface area contributed by atoms with Crippen molar-refractivity contribution in [3.8, 4) is 0 Å². The summed E-state index contributed by atoms with van der Waals surface area (Å²) in [6, 6.07) is 4.00. The Morgan fingerprint density at radius 1 is 0.800 bits per heavy atom. The molecule has 0 bridgehead atoms. The predicted octanol–water partition coefficient (Wildman–Crippen LogP) is 3.08. The van der Waals surface area contributed by atoms with Gasteiger partial charge in [-0.25, -0.2) is 0 Å². The molecule has 0 aliphatic carbocycles. The van der Waals surface area contributed by atoms with E-state index < -0.39 is 0 Å². The van der Waals surface area contributed by atoms with Gasteiger partial charge in [0.15, 0.2) is 0 Å². The van der Waals surface area contributed by atoms with Gasteiger partial charge in [0.25, 0.3) is 0 Å². The number of rotatable bonds is 0. The monoisotopic (exact) mass is 141 g/mol. The van der Waals surface area contributed by atoms with Gasteiger partial charge in [-0.1, -0.05) is 27.7 Å². The highest BCUT2D eigenvalue weighted by molar-refractivity contribution is 4.88. The molecule has 1 aromatic rings. The average molecular weight is 141 g/mol. The first-order valence-corrected chi connectivity index (χ1v) is 3.96. The lowest BCUT2D eigenvalue weighted by atomic mass is 10.7. The van der Waals surface area contributed by atoms with Gasteiger partial charge in [0.05, 0.1) is 0 Å². The van der Waals surface area contributed by atoms with Crippen LogP contribution in [0.5, 0.6) is 0 Å². The molecule has 0 unspecified atom stereocenters. The van der Waals surface area contributed by atoms with Crippen LogP contribution in [0.15, 0.2) is 24.5 Å². The van der Waals surface area contributed by atoms with E-state index in [0.717, 1.165) is 0 Å². The Hall–Kier alpha value is -0.720. The van der Waals surface area contributed by atoms with Gasteiger partial charge in [-0.15, -0.1) is 0 Å². The predicted molar refractivity (Wildman–Crippen MR) is 48.1 cm³/mol. The van der Waals surface area contributed by atoms with Crippen molar-refractivity contribution in [3.05, 3.63) is 24.5 Å². The van der Waals surface area contributed by atoms with Crippen LogP contribution >= 0.6 is 0 Å². The molecule has 0 aliphatic heterocycles. The molecule has 0 atom stereocenters. The van der Waals surface area contributed by atoms with Crippen LogP contribution in [-0.4, -0.2) is 4.57 Å². The molecule has 1 aromatic heterocycles. The van der Waals surface area contributed by atoms with Crippen LogP contribution in [0.3, 0.4) is 0 Å². The van der Waals surface area contributed by atoms with E-state index in [-0.39, 0.29) is 0 Å². The maximum absolute atomic E-state index is 2.00. The van der Waals surface area contributed by atoms with Crippen LogP contribution in [0.4, 0.5) is 0 Å². The van der Waals surface area contributed by atoms with Gasteiger partial charge >= 0.3 is 0 Å². The maximum atomic E-state index is 2.00. The molecule has 0 radical (unpaired) electrons. The summed E-state index contributed by atoms with van der Waals surface area (Å²) in [5.41, 5.74) is 0. The van der Waals surface area contributed by atoms with E-state index in [1.807, 2.05) is 63.8 Å². The highest BCUT2D eigenvalue weighted by atomic mass is 14.9. The minimum atomic E-state index is 2.00. The molecule has 1 heteroatoms. The first-order chi connectivity index (χ1) is 4.89. The lowest BCUT2D eigenvalue weighted by molar-refractivity contribution is 0.928. The van der Waals surface area contributed by atoms with Crippen molar-refractivity contribution >= 4 is 0 Å². The van der Waals surface area contributed by atoms with Gasteiger partial charge in [-0.05, 0) is 12.1 Å². The van der Waals surface area contributed by atoms with E-state index >= 15 is 0 Å². The summed E-state index contributed by atoms with van der Waals surface area (Å²) in [7, 11) is 2.00. The van der Waals surface area contributed by atoms with Crippen molar-refractivity contribution in [2.24, 2.45) is 7.05 Å². The summed E-state index contributed by atoms with van der Waals surface area (Å²) in [6.45, 7) is 8.00. The fraction of sp³-hybridized carbons (Fsp3) is 0.556. The average Bonchev–Trinajstić information content (AvgIpc) is 2.48. The van der Waals surface area contributed by atoms with Gasteiger partial charge in [0.2, 0.25) is 0 Å². The summed E-state index contributed by atoms with van der Waals surface area (Å²) >= 11 is 0. The second kappa shape index (κ2) is 11.1. The van der Waals surface area contributed by atoms with Gasteiger partial charge in [0.1, 0.15) is 0 Å². The summed E-state index contributed by atoms with van der Waals surface area (Å²) in [5.74, 6) is 0. The van der Waals surface area contributed by atoms with Gasteiger partial charge < -0.3 is 4.57 Å². The van der Waals surface area contributed by atoms with Crippen LogP contribution in [0, 0.1) is 0 Å². The Bertz CT molecular complexity index is 108. The minimum Gasteiger partial charge on any atom is -0.357 e. The van der Waals surface area contributed by atoms with Crippen molar-refractivity contribution < 1.29 is 0 Å². The van der Waals surface area contributed by atoms with Crippen LogP contribution in [0.2, 0.25) is 0 Å². The number of aryl methyl sites for hydroxylation is 1. The molecule has 0 saturated heterocycles. The van der Waals surface area contributed by atoms with Gasteiger partial charge in [0, 0.05) is 19.4 Å². The molecule has 0 N–H and O–H groups in total. The number of hydrogen-bond acceptors (Lipinski definition) is 0. The Kier molecular flexibility index (Phi) is 13.4. The van der Waals surface area contributed by atoms with Crippen molar-refractivity contribution in [1.29, 1.82) is 0 Å². The lowest BCUT2D eigenvalue weighted by Crippen LogP contribution is -1.75. The smallest absolute Gasteiger partial charge is 0.0106 e. The third kappa shape index (κ3) is 7.28. The van der Waals surface area contributed by atoms with Crippen LogP contribution in [0.25, 0.3) is 0 Å². The van der Waals surface area contributed by atoms with E-state index in [9.17, 15) is 0 Å². The largest absolute Gasteiger partial charge is 0.357 e. The Morgan fingerprint density at radius 2 is 1.10 bits per heavy atom. The fourth-order valence-electron chi connectivity index (χ4n) is 0.421. The topological polar surface area (TPSA) is 4.93 Å². The molecule has 0 aliphatic rings. The lowest BCUT2D eigenvalue weighted by Gasteiger charge is -1.79. The Balaban J connectivity index is 0. The van der Waals surface area contributed by atoms with Crippen LogP contribution in [-0.2, 0) is 7.05 Å². The van der Waals surface area contributed by atoms with Crippen LogP contribution in [0.1, 0.15) is 27.7 Å². The molecule has 0 aromatic carbocycles. The quantitative estimate of drug-likeness (QED) is 0.523. The van der Waals surface area contributed by atoms with Gasteiger partial charge in [-0.2, -0.15) is 0 Å². The highest BCUT2D eigenvalue weighted by Crippen LogP contribution is 1.80. The zero-order valence-electron chi connectivity index (χ0n) is 7.76. The van der Waals surface area contributed by atoms with Crippen molar-refractivity contribution in [2.75, 3.05) is 0 Å². The molecule has 0 spiro atoms. The maximum Gasteiger partial charge on any atom is 0.0106 e. The van der Waals surface area contributed by atoms with Gasteiger partial charge in [-0.3, -0.25) is 0 Å². The van der Waals surface area contributed by atoms with Crippen LogP contribution < -0.4 is 0 Å². The molecule has 1 heterocycles. The molecular weight excluding hydrogens is 122 g/mol. The van der Waals surface area contributed by atoms with E-state index in [4.69, 9.17) is 0 Å². The molecule has 0 fully saturated rings. The first kappa shape index (κ1) is 12.0. The third-order valence-electron chi connectivity index (χ3n) is 0.754. The van der Waals surface area contributed by atoms with E-state index in [1.54, 1.807) is 0 Å². The second-order valence-corrected chi connectivity index (χ2v) is 1.35. The molecule has 10 heavy (non-hydrogen) atoms. The first-order valence-electron chi connectivity index (χ1n) is 3.96. The molecule has 1 rings (SSSR count). The zero-order chi connectivity index (χ0) is 8.41. The molecule has 0 amide bonds. The molecule has 0 saturated carbocycles. The Morgan fingerprint density at radius 3 is 1.20 bits per heavy atom. The van der Waals surface area contributed by atoms with E-state index in [2.05, 4.69) is 0 Å². The highest BCUT2D eigenvalue weighted by Gasteiger charge is 1.68. The normalized spacial score (nSPS) is 6.50. The molecular formula is C9H19N. The molecule has 1 nitrogen and oxygen atoms in total. The summed E-state index contributed by atoms with van der Waals surface area (Å²) in [6.07, 6.45) is 4.00. The SMILES string of the molecule is CC.CC.Cn1cccc1. The Labute approximate surface area is 64.7 Å². The number of hydrogen-bond donors (Lipinski definition) is 0. The third-order valence-corrected chi connectivity index (χ3v) is 0.754. The second-order valence-electron chi connectivity index (χ2n) is 1.35. The van der Waals surface area contributed by atoms with Crippen molar-refractivity contribution in [1.82, 2.24) is 4.57 Å². The summed E-state index contributed by atoms with van der Waals surface area (Å²) in [4.78, 5) is 0. The fourth-order valence-corrected chi connectivity index (χ4v) is 0.421. The van der Waals surface area contributed by atoms with E-state index in [1.165, 1.54) is 0 Å². The number of nitrogens with zero attached hydrogens (tertiary/aromatic N) is 1. The standard InChI is InChI=1S/C5H7N.2C2H6/c1-6-4-2-3-5-6;2*1-2/h2-5H,1H3;2*1-2H3.